The smallest absolute Gasteiger partial charge is 0.326 e. The Morgan fingerprint density at radius 3 is 2.50 bits per heavy atom. The summed E-state index contributed by atoms with van der Waals surface area (Å²) >= 11 is 1.50. The minimum absolute atomic E-state index is 0.129. The maximum atomic E-state index is 11.9. The molecule has 0 aliphatic heterocycles. The van der Waals surface area contributed by atoms with Gasteiger partial charge in [0, 0.05) is 11.1 Å². The molecule has 0 aliphatic carbocycles. The van der Waals surface area contributed by atoms with Crippen LogP contribution in [0, 0.1) is 12.8 Å². The first kappa shape index (κ1) is 16.4. The van der Waals surface area contributed by atoms with Crippen molar-refractivity contribution in [2.24, 2.45) is 5.92 Å². The molecule has 1 rings (SSSR count). The highest BCUT2D eigenvalue weighted by Crippen LogP contribution is 2.18. The molecule has 0 bridgehead atoms. The van der Waals surface area contributed by atoms with Gasteiger partial charge >= 0.3 is 12.0 Å². The molecule has 0 spiro atoms. The largest absolute Gasteiger partial charge is 0.480 e. The summed E-state index contributed by atoms with van der Waals surface area (Å²) < 4.78 is 0. The van der Waals surface area contributed by atoms with Crippen molar-refractivity contribution in [1.82, 2.24) is 15.6 Å². The number of hydrogen-bond donors (Lipinski definition) is 3. The van der Waals surface area contributed by atoms with Gasteiger partial charge in [-0.05, 0) is 19.8 Å². The highest BCUT2D eigenvalue weighted by Gasteiger charge is 2.26. The third kappa shape index (κ3) is 4.48. The van der Waals surface area contributed by atoms with Crippen LogP contribution in [-0.4, -0.2) is 28.1 Å². The van der Waals surface area contributed by atoms with E-state index in [1.54, 1.807) is 13.1 Å². The Bertz CT molecular complexity index is 475. The second-order valence-electron chi connectivity index (χ2n) is 4.85. The summed E-state index contributed by atoms with van der Waals surface area (Å²) in [6.45, 7) is 7.45. The van der Waals surface area contributed by atoms with E-state index >= 15 is 0 Å². The van der Waals surface area contributed by atoms with E-state index in [2.05, 4.69) is 15.6 Å². The number of aromatic nitrogens is 1. The maximum absolute atomic E-state index is 11.9. The molecule has 0 radical (unpaired) electrons. The van der Waals surface area contributed by atoms with E-state index < -0.39 is 18.0 Å². The fraction of sp³-hybridized carbons (Fsp3) is 0.615. The number of carboxylic acids is 1. The van der Waals surface area contributed by atoms with Crippen molar-refractivity contribution >= 4 is 23.3 Å². The Morgan fingerprint density at radius 2 is 2.05 bits per heavy atom. The van der Waals surface area contributed by atoms with Crippen LogP contribution in [0.3, 0.4) is 0 Å². The number of aliphatic carboxylic acids is 1. The summed E-state index contributed by atoms with van der Waals surface area (Å²) in [4.78, 5) is 28.3. The Morgan fingerprint density at radius 1 is 1.40 bits per heavy atom. The number of hydrogen-bond acceptors (Lipinski definition) is 4. The minimum Gasteiger partial charge on any atom is -0.480 e. The molecule has 0 saturated heterocycles. The number of nitrogens with zero attached hydrogens (tertiary/aromatic N) is 1. The zero-order valence-electron chi connectivity index (χ0n) is 12.1. The van der Waals surface area contributed by atoms with E-state index in [0.717, 1.165) is 9.88 Å². The first-order valence-corrected chi connectivity index (χ1v) is 7.39. The van der Waals surface area contributed by atoms with Crippen molar-refractivity contribution in [3.63, 3.8) is 0 Å². The molecule has 2 amide bonds. The molecule has 0 aromatic carbocycles. The average Bonchev–Trinajstić information content (AvgIpc) is 2.81. The molecule has 0 aliphatic rings. The summed E-state index contributed by atoms with van der Waals surface area (Å²) in [5.74, 6) is -1.15. The van der Waals surface area contributed by atoms with Gasteiger partial charge in [-0.2, -0.15) is 0 Å². The van der Waals surface area contributed by atoms with Gasteiger partial charge in [-0.1, -0.05) is 20.3 Å². The van der Waals surface area contributed by atoms with Crippen molar-refractivity contribution in [3.8, 4) is 0 Å². The van der Waals surface area contributed by atoms with Gasteiger partial charge in [-0.3, -0.25) is 0 Å². The summed E-state index contributed by atoms with van der Waals surface area (Å²) in [7, 11) is 0. The van der Waals surface area contributed by atoms with Crippen LogP contribution < -0.4 is 10.6 Å². The van der Waals surface area contributed by atoms with Crippen molar-refractivity contribution in [3.05, 3.63) is 16.1 Å². The first-order chi connectivity index (χ1) is 9.35. The highest BCUT2D eigenvalue weighted by molar-refractivity contribution is 7.11. The van der Waals surface area contributed by atoms with Gasteiger partial charge in [-0.15, -0.1) is 11.3 Å². The van der Waals surface area contributed by atoms with E-state index in [4.69, 9.17) is 5.11 Å². The fourth-order valence-corrected chi connectivity index (χ4v) is 2.47. The van der Waals surface area contributed by atoms with Gasteiger partial charge in [0.1, 0.15) is 11.0 Å². The number of thiazole rings is 1. The van der Waals surface area contributed by atoms with Crippen LogP contribution in [0.5, 0.6) is 0 Å². The summed E-state index contributed by atoms with van der Waals surface area (Å²) in [5.41, 5.74) is 0. The second-order valence-corrected chi connectivity index (χ2v) is 6.12. The van der Waals surface area contributed by atoms with Crippen LogP contribution in [0.15, 0.2) is 6.20 Å². The second kappa shape index (κ2) is 7.23. The van der Waals surface area contributed by atoms with Gasteiger partial charge < -0.3 is 15.7 Å². The van der Waals surface area contributed by atoms with E-state index in [1.165, 1.54) is 11.3 Å². The standard InChI is InChI=1S/C13H21N3O3S/c1-5-7(2)10(12(17)18)16-13(19)15-9(4)11-14-6-8(3)20-11/h6-7,9-10H,5H2,1-4H3,(H,17,18)(H2,15,16,19). The molecular weight excluding hydrogens is 278 g/mol. The van der Waals surface area contributed by atoms with Gasteiger partial charge in [0.25, 0.3) is 0 Å². The number of carbonyl (C=O) groups is 2. The molecule has 0 saturated carbocycles. The maximum Gasteiger partial charge on any atom is 0.326 e. The lowest BCUT2D eigenvalue weighted by atomic mass is 9.99. The number of amides is 2. The van der Waals surface area contributed by atoms with E-state index in [9.17, 15) is 9.59 Å². The number of nitrogens with one attached hydrogen (secondary N) is 2. The predicted molar refractivity (Wildman–Crippen MR) is 77.8 cm³/mol. The predicted octanol–water partition coefficient (Wildman–Crippen LogP) is 2.31. The van der Waals surface area contributed by atoms with Crippen LogP contribution in [0.2, 0.25) is 0 Å². The number of carboxylic acid groups (broad SMARTS) is 1. The third-order valence-electron chi connectivity index (χ3n) is 3.12. The first-order valence-electron chi connectivity index (χ1n) is 6.57. The Balaban J connectivity index is 2.59. The van der Waals surface area contributed by atoms with E-state index in [-0.39, 0.29) is 12.0 Å². The molecule has 3 unspecified atom stereocenters. The molecule has 6 nitrogen and oxygen atoms in total. The van der Waals surface area contributed by atoms with Gasteiger partial charge in [-0.25, -0.2) is 14.6 Å². The van der Waals surface area contributed by atoms with Gasteiger partial charge in [0.05, 0.1) is 6.04 Å². The lowest BCUT2D eigenvalue weighted by molar-refractivity contribution is -0.140. The quantitative estimate of drug-likeness (QED) is 0.751. The monoisotopic (exact) mass is 299 g/mol. The normalized spacial score (nSPS) is 15.2. The molecule has 1 aromatic rings. The fourth-order valence-electron chi connectivity index (χ4n) is 1.70. The van der Waals surface area contributed by atoms with Crippen molar-refractivity contribution in [2.75, 3.05) is 0 Å². The molecule has 0 fully saturated rings. The van der Waals surface area contributed by atoms with Crippen LogP contribution >= 0.6 is 11.3 Å². The molecule has 112 valence electrons. The van der Waals surface area contributed by atoms with E-state index in [0.29, 0.717) is 6.42 Å². The number of urea groups is 1. The van der Waals surface area contributed by atoms with Crippen LogP contribution in [0.4, 0.5) is 4.79 Å². The topological polar surface area (TPSA) is 91.3 Å². The lowest BCUT2D eigenvalue weighted by Crippen LogP contribution is -2.49. The molecule has 1 heterocycles. The van der Waals surface area contributed by atoms with Gasteiger partial charge in [0.2, 0.25) is 0 Å². The highest BCUT2D eigenvalue weighted by atomic mass is 32.1. The van der Waals surface area contributed by atoms with Crippen LogP contribution in [-0.2, 0) is 4.79 Å². The van der Waals surface area contributed by atoms with Crippen LogP contribution in [0.25, 0.3) is 0 Å². The van der Waals surface area contributed by atoms with Crippen molar-refractivity contribution in [1.29, 1.82) is 0 Å². The Hall–Kier alpha value is -1.63. The Kier molecular flexibility index (Phi) is 5.94. The third-order valence-corrected chi connectivity index (χ3v) is 4.22. The lowest BCUT2D eigenvalue weighted by Gasteiger charge is -2.21. The SMILES string of the molecule is CCC(C)C(NC(=O)NC(C)c1ncc(C)s1)C(=O)O. The van der Waals surface area contributed by atoms with Crippen molar-refractivity contribution < 1.29 is 14.7 Å². The number of rotatable bonds is 6. The summed E-state index contributed by atoms with van der Waals surface area (Å²) in [6, 6.07) is -1.62. The zero-order valence-corrected chi connectivity index (χ0v) is 13.0. The zero-order chi connectivity index (χ0) is 15.3. The number of aryl methyl sites for hydroxylation is 1. The molecule has 20 heavy (non-hydrogen) atoms. The number of carbonyl (C=O) groups excluding carboxylic acids is 1. The molecular formula is C13H21N3O3S. The molecule has 3 atom stereocenters. The van der Waals surface area contributed by atoms with Gasteiger partial charge in [0.15, 0.2) is 0 Å². The van der Waals surface area contributed by atoms with Crippen molar-refractivity contribution in [2.45, 2.75) is 46.2 Å². The molecule has 1 aromatic heterocycles. The Labute approximate surface area is 122 Å². The van der Waals surface area contributed by atoms with Crippen LogP contribution in [0.1, 0.15) is 43.1 Å². The molecule has 7 heteroatoms. The molecule has 3 N–H and O–H groups in total. The average molecular weight is 299 g/mol. The van der Waals surface area contributed by atoms with E-state index in [1.807, 2.05) is 20.8 Å². The summed E-state index contributed by atoms with van der Waals surface area (Å²) in [6.07, 6.45) is 2.42. The minimum atomic E-state index is -1.02. The summed E-state index contributed by atoms with van der Waals surface area (Å²) in [5, 5.41) is 15.1.